The van der Waals surface area contributed by atoms with E-state index in [1.807, 2.05) is 17.0 Å². The normalized spacial score (nSPS) is 17.8. The van der Waals surface area contributed by atoms with Crippen LogP contribution in [0.2, 0.25) is 5.02 Å². The molecule has 0 bridgehead atoms. The average molecular weight is 401 g/mol. The lowest BCUT2D eigenvalue weighted by atomic mass is 10.0. The number of rotatable bonds is 4. The number of amides is 1. The highest BCUT2D eigenvalue weighted by Crippen LogP contribution is 2.28. The number of nitrogens with zero attached hydrogens (tertiary/aromatic N) is 4. The fourth-order valence-corrected chi connectivity index (χ4v) is 4.14. The van der Waals surface area contributed by atoms with Gasteiger partial charge in [0, 0.05) is 44.6 Å². The Kier molecular flexibility index (Phi) is 5.52. The summed E-state index contributed by atoms with van der Waals surface area (Å²) in [7, 11) is 0. The van der Waals surface area contributed by atoms with Crippen LogP contribution in [0.1, 0.15) is 36.0 Å². The summed E-state index contributed by atoms with van der Waals surface area (Å²) in [5.41, 5.74) is 7.19. The van der Waals surface area contributed by atoms with Crippen LogP contribution < -0.4 is 16.0 Å². The Morgan fingerprint density at radius 3 is 2.61 bits per heavy atom. The molecule has 1 amide bonds. The van der Waals surface area contributed by atoms with Gasteiger partial charge in [-0.05, 0) is 43.9 Å². The summed E-state index contributed by atoms with van der Waals surface area (Å²) in [4.78, 5) is 25.4. The number of piperidine rings is 1. The highest BCUT2D eigenvalue weighted by molar-refractivity contribution is 6.33. The van der Waals surface area contributed by atoms with Gasteiger partial charge in [0.1, 0.15) is 11.6 Å². The molecular weight excluding hydrogens is 376 g/mol. The Hall–Kier alpha value is -2.54. The van der Waals surface area contributed by atoms with E-state index in [9.17, 15) is 4.79 Å². The number of carbonyl (C=O) groups is 1. The number of likely N-dealkylation sites (tertiary alicyclic amines) is 1. The minimum absolute atomic E-state index is 0.0225. The Morgan fingerprint density at radius 1 is 1.18 bits per heavy atom. The number of nitrogen functional groups attached to an aromatic ring is 1. The molecule has 0 saturated carbocycles. The van der Waals surface area contributed by atoms with E-state index in [1.54, 1.807) is 18.5 Å². The van der Waals surface area contributed by atoms with Crippen LogP contribution in [0, 0.1) is 0 Å². The number of halogens is 1. The lowest BCUT2D eigenvalue weighted by Crippen LogP contribution is -2.40. The maximum atomic E-state index is 12.5. The Morgan fingerprint density at radius 2 is 1.93 bits per heavy atom. The molecule has 7 nitrogen and oxygen atoms in total. The topological polar surface area (TPSA) is 87.4 Å². The van der Waals surface area contributed by atoms with Gasteiger partial charge in [0.2, 0.25) is 0 Å². The molecule has 0 spiro atoms. The van der Waals surface area contributed by atoms with Crippen molar-refractivity contribution in [3.8, 4) is 0 Å². The van der Waals surface area contributed by atoms with Gasteiger partial charge in [-0.15, -0.1) is 0 Å². The Balaban J connectivity index is 1.38. The molecule has 0 unspecified atom stereocenters. The number of carbonyl (C=O) groups excluding carboxylic acids is 1. The minimum Gasteiger partial charge on any atom is -0.396 e. The molecule has 148 valence electrons. The van der Waals surface area contributed by atoms with E-state index in [0.29, 0.717) is 22.3 Å². The predicted octanol–water partition coefficient (Wildman–Crippen LogP) is 3.03. The van der Waals surface area contributed by atoms with Crippen molar-refractivity contribution in [2.45, 2.75) is 31.7 Å². The fraction of sp³-hybridized carbons (Fsp3) is 0.450. The quantitative estimate of drug-likeness (QED) is 0.820. The first-order valence-electron chi connectivity index (χ1n) is 9.78. The van der Waals surface area contributed by atoms with Crippen molar-refractivity contribution in [1.29, 1.82) is 0 Å². The zero-order valence-electron chi connectivity index (χ0n) is 15.8. The fourth-order valence-electron chi connectivity index (χ4n) is 3.85. The van der Waals surface area contributed by atoms with Crippen molar-refractivity contribution in [1.82, 2.24) is 14.9 Å². The second kappa shape index (κ2) is 8.22. The molecule has 3 N–H and O–H groups in total. The Bertz CT molecular complexity index is 846. The van der Waals surface area contributed by atoms with Gasteiger partial charge in [-0.2, -0.15) is 0 Å². The molecular formula is C20H25ClN6O. The van der Waals surface area contributed by atoms with Gasteiger partial charge < -0.3 is 20.9 Å². The first-order valence-corrected chi connectivity index (χ1v) is 10.2. The van der Waals surface area contributed by atoms with Crippen molar-refractivity contribution in [2.24, 2.45) is 0 Å². The van der Waals surface area contributed by atoms with Crippen LogP contribution in [-0.4, -0.2) is 53.0 Å². The lowest BCUT2D eigenvalue weighted by Gasteiger charge is -2.34. The standard InChI is InChI=1S/C20H25ClN6O/c21-16-12-14(20(28)27-8-1-2-9-27)13-24-19(16)26-10-5-15(6-11-26)25-18-17(22)4-3-7-23-18/h3-4,7,12-13,15H,1-2,5-6,8-11,22H2,(H,23,25). The van der Waals surface area contributed by atoms with Crippen LogP contribution in [-0.2, 0) is 0 Å². The van der Waals surface area contributed by atoms with Gasteiger partial charge in [-0.1, -0.05) is 11.6 Å². The zero-order valence-corrected chi connectivity index (χ0v) is 16.5. The molecule has 2 fully saturated rings. The molecule has 2 aromatic rings. The van der Waals surface area contributed by atoms with Gasteiger partial charge >= 0.3 is 0 Å². The van der Waals surface area contributed by atoms with E-state index in [-0.39, 0.29) is 5.91 Å². The molecule has 0 aliphatic carbocycles. The van der Waals surface area contributed by atoms with E-state index < -0.39 is 0 Å². The van der Waals surface area contributed by atoms with Crippen molar-refractivity contribution in [3.63, 3.8) is 0 Å². The molecule has 2 aliphatic heterocycles. The summed E-state index contributed by atoms with van der Waals surface area (Å²) in [5, 5.41) is 3.96. The average Bonchev–Trinajstić information content (AvgIpc) is 3.25. The Labute approximate surface area is 169 Å². The van der Waals surface area contributed by atoms with Crippen LogP contribution >= 0.6 is 11.6 Å². The molecule has 8 heteroatoms. The molecule has 2 saturated heterocycles. The number of aromatic nitrogens is 2. The second-order valence-corrected chi connectivity index (χ2v) is 7.78. The largest absolute Gasteiger partial charge is 0.396 e. The molecule has 2 aromatic heterocycles. The molecule has 0 aromatic carbocycles. The molecule has 4 rings (SSSR count). The van der Waals surface area contributed by atoms with Gasteiger partial charge in [0.05, 0.1) is 16.3 Å². The van der Waals surface area contributed by atoms with Crippen LogP contribution in [0.25, 0.3) is 0 Å². The lowest BCUT2D eigenvalue weighted by molar-refractivity contribution is 0.0792. The smallest absolute Gasteiger partial charge is 0.255 e. The van der Waals surface area contributed by atoms with Crippen LogP contribution in [0.4, 0.5) is 17.3 Å². The molecule has 0 atom stereocenters. The van der Waals surface area contributed by atoms with E-state index >= 15 is 0 Å². The monoisotopic (exact) mass is 400 g/mol. The van der Waals surface area contributed by atoms with Crippen LogP contribution in [0.5, 0.6) is 0 Å². The maximum Gasteiger partial charge on any atom is 0.255 e. The third kappa shape index (κ3) is 3.99. The highest BCUT2D eigenvalue weighted by atomic mass is 35.5. The maximum absolute atomic E-state index is 12.5. The van der Waals surface area contributed by atoms with Crippen molar-refractivity contribution in [3.05, 3.63) is 41.2 Å². The first-order chi connectivity index (χ1) is 13.6. The van der Waals surface area contributed by atoms with Crippen LogP contribution in [0.3, 0.4) is 0 Å². The first kappa shape index (κ1) is 18.8. The predicted molar refractivity (Wildman–Crippen MR) is 112 cm³/mol. The number of hydrogen-bond acceptors (Lipinski definition) is 6. The number of anilines is 3. The molecule has 2 aliphatic rings. The zero-order chi connectivity index (χ0) is 19.5. The number of nitrogens with one attached hydrogen (secondary N) is 1. The molecule has 0 radical (unpaired) electrons. The summed E-state index contributed by atoms with van der Waals surface area (Å²) in [5.74, 6) is 1.51. The second-order valence-electron chi connectivity index (χ2n) is 7.38. The summed E-state index contributed by atoms with van der Waals surface area (Å²) >= 11 is 6.48. The van der Waals surface area contributed by atoms with Crippen molar-refractivity contribution >= 4 is 34.8 Å². The minimum atomic E-state index is 0.0225. The van der Waals surface area contributed by atoms with Gasteiger partial charge in [-0.3, -0.25) is 4.79 Å². The van der Waals surface area contributed by atoms with Crippen LogP contribution in [0.15, 0.2) is 30.6 Å². The van der Waals surface area contributed by atoms with E-state index in [2.05, 4.69) is 20.2 Å². The third-order valence-electron chi connectivity index (χ3n) is 5.44. The SMILES string of the molecule is Nc1cccnc1NC1CCN(c2ncc(C(=O)N3CCCC3)cc2Cl)CC1. The van der Waals surface area contributed by atoms with E-state index in [1.165, 1.54) is 0 Å². The highest BCUT2D eigenvalue weighted by Gasteiger charge is 2.24. The van der Waals surface area contributed by atoms with Crippen molar-refractivity contribution < 1.29 is 4.79 Å². The number of hydrogen-bond donors (Lipinski definition) is 2. The summed E-state index contributed by atoms with van der Waals surface area (Å²) in [6.45, 7) is 3.30. The van der Waals surface area contributed by atoms with Gasteiger partial charge in [0.15, 0.2) is 0 Å². The molecule has 4 heterocycles. The summed E-state index contributed by atoms with van der Waals surface area (Å²) in [6.07, 6.45) is 7.39. The third-order valence-corrected chi connectivity index (χ3v) is 5.71. The van der Waals surface area contributed by atoms with E-state index in [4.69, 9.17) is 17.3 Å². The number of nitrogens with two attached hydrogens (primary N) is 1. The molecule has 28 heavy (non-hydrogen) atoms. The van der Waals surface area contributed by atoms with Crippen molar-refractivity contribution in [2.75, 3.05) is 42.1 Å². The van der Waals surface area contributed by atoms with E-state index in [0.717, 1.165) is 63.5 Å². The van der Waals surface area contributed by atoms with Gasteiger partial charge in [0.25, 0.3) is 5.91 Å². The summed E-state index contributed by atoms with van der Waals surface area (Å²) in [6, 6.07) is 5.74. The van der Waals surface area contributed by atoms with Gasteiger partial charge in [-0.25, -0.2) is 9.97 Å². The summed E-state index contributed by atoms with van der Waals surface area (Å²) < 4.78 is 0. The number of pyridine rings is 2.